The van der Waals surface area contributed by atoms with E-state index < -0.39 is 0 Å². The summed E-state index contributed by atoms with van der Waals surface area (Å²) in [6, 6.07) is 0. The maximum Gasteiger partial charge on any atom is 0.133 e. The lowest BCUT2D eigenvalue weighted by Crippen LogP contribution is -2.54. The van der Waals surface area contributed by atoms with Gasteiger partial charge in [-0.05, 0) is 79.4 Å². The standard InChI is InChI=1S/C20H32O2/c1-19-10-8-14(21)12-13(19)4-5-15-16-6-7-18(22-3)20(16,2)11-9-17(15)19/h13,15-18H,4-12H2,1-3H3/t13-,15-,16+,17-,18+,19-,20+/m0/s1. The molecule has 0 bridgehead atoms. The van der Waals surface area contributed by atoms with E-state index in [0.717, 1.165) is 37.0 Å². The fraction of sp³-hybridized carbons (Fsp3) is 0.950. The quantitative estimate of drug-likeness (QED) is 0.707. The first-order valence-electron chi connectivity index (χ1n) is 9.53. The molecule has 2 heteroatoms. The highest BCUT2D eigenvalue weighted by Gasteiger charge is 2.60. The summed E-state index contributed by atoms with van der Waals surface area (Å²) in [4.78, 5) is 11.9. The van der Waals surface area contributed by atoms with Gasteiger partial charge in [0.1, 0.15) is 5.78 Å². The van der Waals surface area contributed by atoms with E-state index in [1.807, 2.05) is 7.11 Å². The number of Topliss-reactive ketones (excluding diaryl/α,β-unsaturated/α-hetero) is 1. The molecule has 0 N–H and O–H groups in total. The first-order valence-corrected chi connectivity index (χ1v) is 9.53. The summed E-state index contributed by atoms with van der Waals surface area (Å²) < 4.78 is 5.86. The molecule has 4 fully saturated rings. The van der Waals surface area contributed by atoms with Crippen molar-refractivity contribution in [2.75, 3.05) is 7.11 Å². The third-order valence-electron chi connectivity index (χ3n) is 8.68. The second-order valence-electron chi connectivity index (χ2n) is 9.25. The molecule has 0 aromatic rings. The molecular formula is C20H32O2. The van der Waals surface area contributed by atoms with Crippen molar-refractivity contribution in [1.29, 1.82) is 0 Å². The van der Waals surface area contributed by atoms with Crippen molar-refractivity contribution in [3.05, 3.63) is 0 Å². The average molecular weight is 304 g/mol. The third kappa shape index (κ3) is 1.92. The van der Waals surface area contributed by atoms with Gasteiger partial charge in [-0.2, -0.15) is 0 Å². The van der Waals surface area contributed by atoms with E-state index >= 15 is 0 Å². The largest absolute Gasteiger partial charge is 0.381 e. The lowest BCUT2D eigenvalue weighted by Gasteiger charge is -2.60. The van der Waals surface area contributed by atoms with Gasteiger partial charge in [0.05, 0.1) is 6.10 Å². The number of ether oxygens (including phenoxy) is 1. The number of rotatable bonds is 1. The summed E-state index contributed by atoms with van der Waals surface area (Å²) in [6.45, 7) is 5.04. The van der Waals surface area contributed by atoms with Crippen molar-refractivity contribution in [3.63, 3.8) is 0 Å². The van der Waals surface area contributed by atoms with Gasteiger partial charge in [0.15, 0.2) is 0 Å². The molecule has 0 heterocycles. The first kappa shape index (κ1) is 15.2. The van der Waals surface area contributed by atoms with Crippen LogP contribution < -0.4 is 0 Å². The summed E-state index contributed by atoms with van der Waals surface area (Å²) in [5, 5.41) is 0. The summed E-state index contributed by atoms with van der Waals surface area (Å²) in [5.41, 5.74) is 0.868. The van der Waals surface area contributed by atoms with E-state index in [1.165, 1.54) is 38.5 Å². The van der Waals surface area contributed by atoms with Crippen LogP contribution in [0.4, 0.5) is 0 Å². The predicted molar refractivity (Wildman–Crippen MR) is 87.5 cm³/mol. The van der Waals surface area contributed by atoms with Gasteiger partial charge >= 0.3 is 0 Å². The van der Waals surface area contributed by atoms with E-state index in [9.17, 15) is 4.79 Å². The van der Waals surface area contributed by atoms with Gasteiger partial charge in [-0.25, -0.2) is 0 Å². The Bertz CT molecular complexity index is 472. The molecule has 0 aromatic heterocycles. The molecule has 0 spiro atoms. The molecule has 2 nitrogen and oxygen atoms in total. The van der Waals surface area contributed by atoms with E-state index in [1.54, 1.807) is 0 Å². The number of carbonyl (C=O) groups is 1. The monoisotopic (exact) mass is 304 g/mol. The number of fused-ring (bicyclic) bond motifs is 5. The van der Waals surface area contributed by atoms with Gasteiger partial charge < -0.3 is 4.74 Å². The summed E-state index contributed by atoms with van der Waals surface area (Å²) in [6.07, 6.45) is 11.4. The zero-order valence-electron chi connectivity index (χ0n) is 14.6. The highest BCUT2D eigenvalue weighted by molar-refractivity contribution is 5.79. The van der Waals surface area contributed by atoms with E-state index in [0.29, 0.717) is 28.6 Å². The Kier molecular flexibility index (Phi) is 3.49. The van der Waals surface area contributed by atoms with Crippen molar-refractivity contribution < 1.29 is 9.53 Å². The second-order valence-corrected chi connectivity index (χ2v) is 9.25. The highest BCUT2D eigenvalue weighted by Crippen LogP contribution is 2.66. The van der Waals surface area contributed by atoms with E-state index in [-0.39, 0.29) is 0 Å². The Labute approximate surface area is 135 Å². The molecule has 22 heavy (non-hydrogen) atoms. The molecule has 4 saturated carbocycles. The second kappa shape index (κ2) is 5.06. The lowest BCUT2D eigenvalue weighted by atomic mass is 9.45. The Morgan fingerprint density at radius 2 is 1.73 bits per heavy atom. The SMILES string of the molecule is CO[C@@H]1CC[C@@H]2[C@@H]3CC[C@H]4CC(=O)CC[C@]4(C)[C@H]3CC[C@]21C. The lowest BCUT2D eigenvalue weighted by molar-refractivity contribution is -0.143. The smallest absolute Gasteiger partial charge is 0.133 e. The van der Waals surface area contributed by atoms with Gasteiger partial charge in [0.25, 0.3) is 0 Å². The number of ketones is 1. The molecule has 0 unspecified atom stereocenters. The Hall–Kier alpha value is -0.370. The Morgan fingerprint density at radius 3 is 2.50 bits per heavy atom. The first-order chi connectivity index (χ1) is 10.5. The van der Waals surface area contributed by atoms with Gasteiger partial charge in [0.2, 0.25) is 0 Å². The van der Waals surface area contributed by atoms with Crippen molar-refractivity contribution in [2.24, 2.45) is 34.5 Å². The molecule has 0 radical (unpaired) electrons. The van der Waals surface area contributed by atoms with Crippen LogP contribution in [0.2, 0.25) is 0 Å². The molecule has 4 rings (SSSR count). The fourth-order valence-corrected chi connectivity index (χ4v) is 7.38. The summed E-state index contributed by atoms with van der Waals surface area (Å²) >= 11 is 0. The van der Waals surface area contributed by atoms with Crippen LogP contribution >= 0.6 is 0 Å². The molecule has 124 valence electrons. The zero-order chi connectivity index (χ0) is 15.5. The number of carbonyl (C=O) groups excluding carboxylic acids is 1. The van der Waals surface area contributed by atoms with E-state index in [4.69, 9.17) is 4.74 Å². The van der Waals surface area contributed by atoms with Crippen LogP contribution in [-0.2, 0) is 9.53 Å². The normalized spacial score (nSPS) is 54.5. The van der Waals surface area contributed by atoms with Crippen LogP contribution in [0.3, 0.4) is 0 Å². The molecule has 4 aliphatic carbocycles. The predicted octanol–water partition coefficient (Wildman–Crippen LogP) is 4.61. The Balaban J connectivity index is 1.62. The maximum atomic E-state index is 11.9. The van der Waals surface area contributed by atoms with Crippen LogP contribution in [0.5, 0.6) is 0 Å². The number of hydrogen-bond donors (Lipinski definition) is 0. The van der Waals surface area contributed by atoms with Gasteiger partial charge in [-0.1, -0.05) is 13.8 Å². The van der Waals surface area contributed by atoms with Crippen molar-refractivity contribution in [2.45, 2.75) is 77.7 Å². The number of hydrogen-bond acceptors (Lipinski definition) is 2. The minimum atomic E-state index is 0.420. The minimum absolute atomic E-state index is 0.420. The summed E-state index contributed by atoms with van der Waals surface area (Å²) in [5.74, 6) is 3.84. The van der Waals surface area contributed by atoms with Gasteiger partial charge in [-0.3, -0.25) is 4.79 Å². The highest BCUT2D eigenvalue weighted by atomic mass is 16.5. The molecule has 4 aliphatic rings. The van der Waals surface area contributed by atoms with Crippen molar-refractivity contribution >= 4 is 5.78 Å². The average Bonchev–Trinajstić information content (AvgIpc) is 2.84. The molecule has 0 aliphatic heterocycles. The molecule has 0 aromatic carbocycles. The number of methoxy groups -OCH3 is 1. The maximum absolute atomic E-state index is 11.9. The molecule has 7 atom stereocenters. The van der Waals surface area contributed by atoms with Gasteiger partial charge in [0, 0.05) is 20.0 Å². The summed E-state index contributed by atoms with van der Waals surface area (Å²) in [7, 11) is 1.91. The molecule has 0 amide bonds. The van der Waals surface area contributed by atoms with Gasteiger partial charge in [-0.15, -0.1) is 0 Å². The molecular weight excluding hydrogens is 272 g/mol. The van der Waals surface area contributed by atoms with E-state index in [2.05, 4.69) is 13.8 Å². The van der Waals surface area contributed by atoms with Crippen LogP contribution in [0, 0.1) is 34.5 Å². The Morgan fingerprint density at radius 1 is 0.955 bits per heavy atom. The van der Waals surface area contributed by atoms with Crippen LogP contribution in [0.25, 0.3) is 0 Å². The van der Waals surface area contributed by atoms with Crippen molar-refractivity contribution in [1.82, 2.24) is 0 Å². The third-order valence-corrected chi connectivity index (χ3v) is 8.68. The fourth-order valence-electron chi connectivity index (χ4n) is 7.38. The minimum Gasteiger partial charge on any atom is -0.381 e. The van der Waals surface area contributed by atoms with Crippen molar-refractivity contribution in [3.8, 4) is 0 Å². The zero-order valence-corrected chi connectivity index (χ0v) is 14.6. The topological polar surface area (TPSA) is 26.3 Å². The molecule has 0 saturated heterocycles. The van der Waals surface area contributed by atoms with Crippen LogP contribution in [0.1, 0.15) is 71.6 Å². The van der Waals surface area contributed by atoms with Crippen LogP contribution in [-0.4, -0.2) is 19.0 Å². The van der Waals surface area contributed by atoms with Crippen LogP contribution in [0.15, 0.2) is 0 Å².